The van der Waals surface area contributed by atoms with Crippen LogP contribution in [0.15, 0.2) is 34.3 Å². The Morgan fingerprint density at radius 2 is 1.60 bits per heavy atom. The Bertz CT molecular complexity index is 819. The van der Waals surface area contributed by atoms with Crippen LogP contribution in [-0.4, -0.2) is 33.5 Å². The highest BCUT2D eigenvalue weighted by molar-refractivity contribution is 6.44. The first-order valence-corrected chi connectivity index (χ1v) is 5.81. The number of nitrogens with zero attached hydrogens (tertiary/aromatic N) is 2. The van der Waals surface area contributed by atoms with E-state index in [0.717, 1.165) is 0 Å². The molecule has 1 N–H and O–H groups in total. The summed E-state index contributed by atoms with van der Waals surface area (Å²) in [5, 5.41) is 10.5. The van der Waals surface area contributed by atoms with Crippen LogP contribution >= 0.6 is 0 Å². The largest absolute Gasteiger partial charge is 0.478 e. The molecular formula is C13H5N2O4Si. The topological polar surface area (TPSA) is 96.2 Å². The fourth-order valence-corrected chi connectivity index (χ4v) is 2.37. The van der Waals surface area contributed by atoms with Gasteiger partial charge in [-0.25, -0.2) is 14.4 Å². The zero-order valence-corrected chi connectivity index (χ0v) is 10.9. The van der Waals surface area contributed by atoms with Crippen molar-refractivity contribution in [2.45, 2.75) is 0 Å². The van der Waals surface area contributed by atoms with Gasteiger partial charge in [0, 0.05) is 5.39 Å². The first kappa shape index (κ1) is 13.6. The molecule has 0 unspecified atom stereocenters. The highest BCUT2D eigenvalue weighted by Crippen LogP contribution is 2.37. The second-order valence-corrected chi connectivity index (χ2v) is 4.20. The summed E-state index contributed by atoms with van der Waals surface area (Å²) in [6.45, 7) is 0. The Morgan fingerprint density at radius 3 is 2.15 bits per heavy atom. The maximum Gasteiger partial charge on any atom is 0.337 e. The second-order valence-electron chi connectivity index (χ2n) is 3.70. The van der Waals surface area contributed by atoms with Crippen LogP contribution in [0.4, 0.5) is 11.4 Å². The summed E-state index contributed by atoms with van der Waals surface area (Å²) in [4.78, 5) is 39.3. The predicted octanol–water partition coefficient (Wildman–Crippen LogP) is 1.27. The molecular weight excluding hydrogens is 276 g/mol. The van der Waals surface area contributed by atoms with E-state index in [0.29, 0.717) is 10.8 Å². The number of carboxylic acids is 1. The maximum absolute atomic E-state index is 11.4. The molecule has 0 aliphatic carbocycles. The Balaban J connectivity index is 3.14. The van der Waals surface area contributed by atoms with Gasteiger partial charge in [-0.15, -0.1) is 0 Å². The lowest BCUT2D eigenvalue weighted by atomic mass is 10.0. The first-order valence-electron chi connectivity index (χ1n) is 5.31. The third kappa shape index (κ3) is 2.08. The van der Waals surface area contributed by atoms with Crippen molar-refractivity contribution in [3.63, 3.8) is 0 Å². The molecule has 0 spiro atoms. The van der Waals surface area contributed by atoms with Crippen LogP contribution in [0.3, 0.4) is 0 Å². The van der Waals surface area contributed by atoms with Crippen LogP contribution in [0.2, 0.25) is 0 Å². The van der Waals surface area contributed by atoms with Crippen molar-refractivity contribution in [2.24, 2.45) is 9.98 Å². The van der Waals surface area contributed by atoms with E-state index in [1.54, 1.807) is 24.3 Å². The zero-order chi connectivity index (χ0) is 14.7. The molecule has 0 saturated carbocycles. The predicted molar refractivity (Wildman–Crippen MR) is 71.9 cm³/mol. The third-order valence-electron chi connectivity index (χ3n) is 2.69. The minimum atomic E-state index is -1.31. The minimum Gasteiger partial charge on any atom is -0.478 e. The van der Waals surface area contributed by atoms with Crippen LogP contribution in [0.1, 0.15) is 10.4 Å². The summed E-state index contributed by atoms with van der Waals surface area (Å²) >= 11 is 0. The second kappa shape index (κ2) is 5.42. The standard InChI is InChI=1S/C13H5N2O4Si/c16-5-14-10-7-3-1-2-4-8(7)12(20)9(13(18)19)11(10)15-6-17/h1-4H,(H,18,19). The van der Waals surface area contributed by atoms with Crippen molar-refractivity contribution in [3.8, 4) is 0 Å². The summed E-state index contributed by atoms with van der Waals surface area (Å²) in [5.41, 5.74) is -0.532. The van der Waals surface area contributed by atoms with Gasteiger partial charge in [0.05, 0.1) is 15.8 Å². The van der Waals surface area contributed by atoms with E-state index in [2.05, 4.69) is 20.2 Å². The molecule has 0 aliphatic heterocycles. The van der Waals surface area contributed by atoms with Crippen molar-refractivity contribution in [3.05, 3.63) is 29.8 Å². The average molecular weight is 281 g/mol. The van der Waals surface area contributed by atoms with Crippen molar-refractivity contribution in [1.82, 2.24) is 0 Å². The van der Waals surface area contributed by atoms with Gasteiger partial charge in [-0.3, -0.25) is 0 Å². The van der Waals surface area contributed by atoms with E-state index >= 15 is 0 Å². The molecule has 0 saturated heterocycles. The number of fused-ring (bicyclic) bond motifs is 1. The fraction of sp³-hybridized carbons (Fsp3) is 0. The Hall–Kier alpha value is -2.85. The summed E-state index contributed by atoms with van der Waals surface area (Å²) < 4.78 is 0. The molecule has 95 valence electrons. The molecule has 6 nitrogen and oxygen atoms in total. The molecule has 0 bridgehead atoms. The van der Waals surface area contributed by atoms with E-state index in [1.807, 2.05) is 0 Å². The molecule has 3 radical (unpaired) electrons. The van der Waals surface area contributed by atoms with E-state index in [1.165, 1.54) is 12.2 Å². The molecule has 0 atom stereocenters. The van der Waals surface area contributed by atoms with Crippen LogP contribution in [-0.2, 0) is 9.59 Å². The van der Waals surface area contributed by atoms with Crippen LogP contribution in [0.25, 0.3) is 10.8 Å². The van der Waals surface area contributed by atoms with Gasteiger partial charge in [0.1, 0.15) is 11.4 Å². The highest BCUT2D eigenvalue weighted by Gasteiger charge is 2.21. The number of aromatic carboxylic acids is 1. The molecule has 20 heavy (non-hydrogen) atoms. The first-order chi connectivity index (χ1) is 9.61. The number of hydrogen-bond acceptors (Lipinski definition) is 5. The lowest BCUT2D eigenvalue weighted by molar-refractivity contribution is 0.0699. The van der Waals surface area contributed by atoms with Gasteiger partial charge >= 0.3 is 5.97 Å². The number of carbonyl (C=O) groups is 1. The molecule has 0 fully saturated rings. The molecule has 0 heterocycles. The van der Waals surface area contributed by atoms with Gasteiger partial charge in [0.2, 0.25) is 12.2 Å². The summed E-state index contributed by atoms with van der Waals surface area (Å²) in [7, 11) is 3.24. The van der Waals surface area contributed by atoms with Gasteiger partial charge in [-0.2, -0.15) is 9.98 Å². The third-order valence-corrected chi connectivity index (χ3v) is 3.21. The molecule has 2 aromatic rings. The molecule has 0 aliphatic rings. The van der Waals surface area contributed by atoms with E-state index in [4.69, 9.17) is 0 Å². The molecule has 0 amide bonds. The van der Waals surface area contributed by atoms with E-state index in [-0.39, 0.29) is 22.1 Å². The van der Waals surface area contributed by atoms with Crippen molar-refractivity contribution in [2.75, 3.05) is 0 Å². The van der Waals surface area contributed by atoms with Crippen molar-refractivity contribution < 1.29 is 19.5 Å². The molecule has 7 heteroatoms. The van der Waals surface area contributed by atoms with E-state index < -0.39 is 5.97 Å². The summed E-state index contributed by atoms with van der Waals surface area (Å²) in [5.74, 6) is -1.31. The normalized spacial score (nSPS) is 9.65. The molecule has 0 aromatic heterocycles. The number of aliphatic imine (C=N–C) groups is 2. The van der Waals surface area contributed by atoms with Crippen LogP contribution < -0.4 is 5.19 Å². The quantitative estimate of drug-likeness (QED) is 0.520. The lowest BCUT2D eigenvalue weighted by Crippen LogP contribution is -2.17. The number of carboxylic acid groups (broad SMARTS) is 1. The Kier molecular flexibility index (Phi) is 3.68. The lowest BCUT2D eigenvalue weighted by Gasteiger charge is -2.11. The molecule has 2 aromatic carbocycles. The Labute approximate surface area is 115 Å². The van der Waals surface area contributed by atoms with Crippen molar-refractivity contribution >= 4 is 55.7 Å². The average Bonchev–Trinajstić information content (AvgIpc) is 2.43. The smallest absolute Gasteiger partial charge is 0.337 e. The maximum atomic E-state index is 11.4. The van der Waals surface area contributed by atoms with Crippen molar-refractivity contribution in [1.29, 1.82) is 0 Å². The van der Waals surface area contributed by atoms with Crippen LogP contribution in [0, 0.1) is 0 Å². The molecule has 2 rings (SSSR count). The van der Waals surface area contributed by atoms with Gasteiger partial charge in [-0.05, 0) is 10.6 Å². The van der Waals surface area contributed by atoms with Gasteiger partial charge in [0.25, 0.3) is 0 Å². The van der Waals surface area contributed by atoms with Gasteiger partial charge in [0.15, 0.2) is 0 Å². The summed E-state index contributed by atoms with van der Waals surface area (Å²) in [6, 6.07) is 6.67. The minimum absolute atomic E-state index is 0.0293. The number of hydrogen-bond donors (Lipinski definition) is 1. The number of isocyanates is 2. The van der Waals surface area contributed by atoms with Crippen LogP contribution in [0.5, 0.6) is 0 Å². The number of benzene rings is 2. The van der Waals surface area contributed by atoms with Gasteiger partial charge < -0.3 is 5.11 Å². The monoisotopic (exact) mass is 281 g/mol. The summed E-state index contributed by atoms with van der Waals surface area (Å²) in [6.07, 6.45) is 2.61. The fourth-order valence-electron chi connectivity index (χ4n) is 1.93. The number of carbonyl (C=O) groups excluding carboxylic acids is 2. The zero-order valence-electron chi connectivity index (χ0n) is 9.88. The Morgan fingerprint density at radius 1 is 1.05 bits per heavy atom. The number of rotatable bonds is 3. The van der Waals surface area contributed by atoms with E-state index in [9.17, 15) is 19.5 Å². The highest BCUT2D eigenvalue weighted by atomic mass is 28.1. The van der Waals surface area contributed by atoms with Gasteiger partial charge in [-0.1, -0.05) is 24.3 Å². The SMILES string of the molecule is O=C=Nc1c(C(=O)O)c([Si])c2ccccc2c1N=C=O.